The first-order valence-corrected chi connectivity index (χ1v) is 9.51. The molecule has 2 aromatic heterocycles. The van der Waals surface area contributed by atoms with Crippen LogP contribution in [0.4, 0.5) is 5.69 Å². The van der Waals surface area contributed by atoms with Gasteiger partial charge in [-0.15, -0.1) is 22.7 Å². The average molecular weight is 357 g/mol. The third-order valence-electron chi connectivity index (χ3n) is 3.48. The molecule has 2 heterocycles. The first-order chi connectivity index (χ1) is 11.7. The fraction of sp³-hybridized carbons (Fsp3) is 0.222. The van der Waals surface area contributed by atoms with E-state index in [-0.39, 0.29) is 0 Å². The predicted molar refractivity (Wildman–Crippen MR) is 105 cm³/mol. The summed E-state index contributed by atoms with van der Waals surface area (Å²) < 4.78 is 1.93. The van der Waals surface area contributed by atoms with Gasteiger partial charge in [0.25, 0.3) is 0 Å². The van der Waals surface area contributed by atoms with E-state index in [2.05, 4.69) is 62.2 Å². The zero-order valence-electron chi connectivity index (χ0n) is 14.0. The molecule has 0 fully saturated rings. The van der Waals surface area contributed by atoms with Gasteiger partial charge < -0.3 is 4.90 Å². The fourth-order valence-electron chi connectivity index (χ4n) is 2.23. The Morgan fingerprint density at radius 3 is 2.54 bits per heavy atom. The second-order valence-corrected chi connectivity index (χ2v) is 7.18. The van der Waals surface area contributed by atoms with Crippen LogP contribution in [0.5, 0.6) is 0 Å². The molecule has 0 aliphatic carbocycles. The number of aromatic nitrogens is 1. The lowest BCUT2D eigenvalue weighted by Gasteiger charge is -2.11. The molecule has 0 bridgehead atoms. The lowest BCUT2D eigenvalue weighted by molar-refractivity contribution is 0.834. The molecule has 24 heavy (non-hydrogen) atoms. The molecule has 0 aliphatic heterocycles. The number of rotatable bonds is 5. The predicted octanol–water partition coefficient (Wildman–Crippen LogP) is 4.15. The summed E-state index contributed by atoms with van der Waals surface area (Å²) in [5.41, 5.74) is 3.33. The van der Waals surface area contributed by atoms with Crippen LogP contribution in [0.1, 0.15) is 12.5 Å². The van der Waals surface area contributed by atoms with Crippen LogP contribution in [0.3, 0.4) is 0 Å². The number of hydrogen-bond donors (Lipinski definition) is 0. The Morgan fingerprint density at radius 2 is 1.92 bits per heavy atom. The van der Waals surface area contributed by atoms with Crippen molar-refractivity contribution in [1.82, 2.24) is 4.68 Å². The monoisotopic (exact) mass is 356 g/mol. The van der Waals surface area contributed by atoms with Crippen molar-refractivity contribution in [3.63, 3.8) is 0 Å². The summed E-state index contributed by atoms with van der Waals surface area (Å²) >= 11 is 3.34. The summed E-state index contributed by atoms with van der Waals surface area (Å²) in [6.07, 6.45) is 1.89. The van der Waals surface area contributed by atoms with E-state index in [1.807, 2.05) is 31.9 Å². The van der Waals surface area contributed by atoms with Crippen molar-refractivity contribution in [2.24, 2.45) is 10.1 Å². The van der Waals surface area contributed by atoms with E-state index >= 15 is 0 Å². The van der Waals surface area contributed by atoms with Crippen LogP contribution in [-0.4, -0.2) is 31.5 Å². The second-order valence-electron chi connectivity index (χ2n) is 5.40. The van der Waals surface area contributed by atoms with Crippen LogP contribution in [0.25, 0.3) is 10.6 Å². The molecule has 0 spiro atoms. The Morgan fingerprint density at radius 1 is 1.12 bits per heavy atom. The largest absolute Gasteiger partial charge is 0.378 e. The molecule has 0 N–H and O–H groups in total. The third-order valence-corrected chi connectivity index (χ3v) is 5.23. The fourth-order valence-corrected chi connectivity index (χ4v) is 3.93. The summed E-state index contributed by atoms with van der Waals surface area (Å²) in [5, 5.41) is 8.89. The molecule has 124 valence electrons. The topological polar surface area (TPSA) is 32.9 Å². The van der Waals surface area contributed by atoms with Crippen molar-refractivity contribution in [1.29, 1.82) is 0 Å². The number of anilines is 1. The summed E-state index contributed by atoms with van der Waals surface area (Å²) in [4.78, 5) is 8.75. The molecule has 1 aromatic carbocycles. The van der Waals surface area contributed by atoms with Gasteiger partial charge >= 0.3 is 0 Å². The highest BCUT2D eigenvalue weighted by Crippen LogP contribution is 2.25. The molecular weight excluding hydrogens is 336 g/mol. The van der Waals surface area contributed by atoms with Gasteiger partial charge in [0.1, 0.15) is 0 Å². The Hall–Kier alpha value is -2.18. The zero-order chi connectivity index (χ0) is 16.9. The molecule has 0 unspecified atom stereocenters. The van der Waals surface area contributed by atoms with E-state index in [0.29, 0.717) is 0 Å². The quantitative estimate of drug-likeness (QED) is 0.632. The first-order valence-electron chi connectivity index (χ1n) is 7.75. The van der Waals surface area contributed by atoms with Crippen LogP contribution in [0.15, 0.2) is 57.3 Å². The maximum atomic E-state index is 4.69. The lowest BCUT2D eigenvalue weighted by Crippen LogP contribution is -2.12. The minimum atomic E-state index is 0.747. The van der Waals surface area contributed by atoms with E-state index in [1.165, 1.54) is 10.6 Å². The van der Waals surface area contributed by atoms with Gasteiger partial charge in [-0.3, -0.25) is 4.99 Å². The van der Waals surface area contributed by atoms with Gasteiger partial charge in [0.15, 0.2) is 0 Å². The highest BCUT2D eigenvalue weighted by atomic mass is 32.1. The van der Waals surface area contributed by atoms with Crippen molar-refractivity contribution in [2.45, 2.75) is 6.92 Å². The molecule has 0 saturated heterocycles. The lowest BCUT2D eigenvalue weighted by atomic mass is 10.2. The molecule has 0 radical (unpaired) electrons. The van der Waals surface area contributed by atoms with Gasteiger partial charge in [0.05, 0.1) is 16.8 Å². The Bertz CT molecular complexity index is 869. The summed E-state index contributed by atoms with van der Waals surface area (Å²) in [7, 11) is 4.08. The van der Waals surface area contributed by atoms with E-state index in [9.17, 15) is 0 Å². The van der Waals surface area contributed by atoms with Crippen LogP contribution in [-0.2, 0) is 0 Å². The molecule has 0 saturated carbocycles. The van der Waals surface area contributed by atoms with Crippen LogP contribution < -0.4 is 9.70 Å². The summed E-state index contributed by atoms with van der Waals surface area (Å²) in [5.74, 6) is 0. The van der Waals surface area contributed by atoms with Crippen molar-refractivity contribution < 1.29 is 0 Å². The van der Waals surface area contributed by atoms with E-state index in [1.54, 1.807) is 22.7 Å². The van der Waals surface area contributed by atoms with Crippen LogP contribution in [0.2, 0.25) is 0 Å². The van der Waals surface area contributed by atoms with Gasteiger partial charge in [-0.25, -0.2) is 4.68 Å². The average Bonchev–Trinajstić information content (AvgIpc) is 3.23. The Balaban J connectivity index is 1.96. The van der Waals surface area contributed by atoms with E-state index in [4.69, 9.17) is 0 Å². The highest BCUT2D eigenvalue weighted by molar-refractivity contribution is 7.14. The number of hydrogen-bond acceptors (Lipinski definition) is 5. The Labute approximate surface area is 150 Å². The van der Waals surface area contributed by atoms with Crippen molar-refractivity contribution in [2.75, 3.05) is 25.5 Å². The van der Waals surface area contributed by atoms with Gasteiger partial charge in [-0.2, -0.15) is 5.10 Å². The van der Waals surface area contributed by atoms with Crippen molar-refractivity contribution in [3.05, 3.63) is 57.5 Å². The minimum absolute atomic E-state index is 0.747. The van der Waals surface area contributed by atoms with Crippen LogP contribution >= 0.6 is 22.7 Å². The van der Waals surface area contributed by atoms with Gasteiger partial charge in [0.2, 0.25) is 4.80 Å². The molecule has 3 aromatic rings. The Kier molecular flexibility index (Phi) is 5.27. The number of thiazole rings is 1. The highest BCUT2D eigenvalue weighted by Gasteiger charge is 2.07. The molecule has 0 atom stereocenters. The maximum absolute atomic E-state index is 4.69. The molecule has 6 heteroatoms. The van der Waals surface area contributed by atoms with Gasteiger partial charge in [-0.1, -0.05) is 18.2 Å². The smallest absolute Gasteiger partial charge is 0.206 e. The normalized spacial score (nSPS) is 12.2. The molecule has 0 amide bonds. The summed E-state index contributed by atoms with van der Waals surface area (Å²) in [6, 6.07) is 12.5. The molecule has 4 nitrogen and oxygen atoms in total. The van der Waals surface area contributed by atoms with Gasteiger partial charge in [-0.05, 0) is 36.1 Å². The summed E-state index contributed by atoms with van der Waals surface area (Å²) in [6.45, 7) is 2.79. The van der Waals surface area contributed by atoms with Gasteiger partial charge in [0, 0.05) is 31.7 Å². The molecule has 0 aliphatic rings. The standard InChI is InChI=1S/C18H20N4S2/c1-4-19-18-22(16(13-24-18)17-6-5-11-23-17)20-12-14-7-9-15(10-8-14)21(2)3/h5-13H,4H2,1-3H3. The molecular formula is C18H20N4S2. The second kappa shape index (κ2) is 7.59. The van der Waals surface area contributed by atoms with E-state index in [0.717, 1.165) is 22.6 Å². The van der Waals surface area contributed by atoms with E-state index < -0.39 is 0 Å². The number of benzene rings is 1. The number of nitrogens with zero attached hydrogens (tertiary/aromatic N) is 4. The van der Waals surface area contributed by atoms with Crippen molar-refractivity contribution >= 4 is 34.6 Å². The van der Waals surface area contributed by atoms with Crippen molar-refractivity contribution in [3.8, 4) is 10.6 Å². The SMILES string of the molecule is CCN=c1scc(-c2cccs2)n1N=Cc1ccc(N(C)C)cc1. The third kappa shape index (κ3) is 3.66. The maximum Gasteiger partial charge on any atom is 0.206 e. The van der Waals surface area contributed by atoms with Crippen LogP contribution in [0, 0.1) is 0 Å². The first kappa shape index (κ1) is 16.7. The zero-order valence-corrected chi connectivity index (χ0v) is 15.6. The molecule has 3 rings (SSSR count). The number of thiophene rings is 1. The minimum Gasteiger partial charge on any atom is -0.378 e.